The van der Waals surface area contributed by atoms with Gasteiger partial charge in [0.05, 0.1) is 43.0 Å². The summed E-state index contributed by atoms with van der Waals surface area (Å²) in [6.45, 7) is 10.3. The number of ether oxygens (including phenoxy) is 5. The molecule has 9 nitrogen and oxygen atoms in total. The Labute approximate surface area is 264 Å². The third kappa shape index (κ3) is 4.34. The zero-order valence-corrected chi connectivity index (χ0v) is 26.9. The highest BCUT2D eigenvalue weighted by Crippen LogP contribution is 2.72. The van der Waals surface area contributed by atoms with Gasteiger partial charge in [-0.25, -0.2) is 4.79 Å². The highest BCUT2D eigenvalue weighted by atomic mass is 16.7. The maximum atomic E-state index is 13.9. The minimum Gasteiger partial charge on any atom is -0.472 e. The molecule has 7 rings (SSSR count). The second kappa shape index (κ2) is 10.8. The second-order valence-electron chi connectivity index (χ2n) is 14.5. The summed E-state index contributed by atoms with van der Waals surface area (Å²) in [6, 6.07) is 11.0. The number of esters is 2. The lowest BCUT2D eigenvalue weighted by molar-refractivity contribution is -0.255. The number of aliphatic hydroxyl groups excluding tert-OH is 1. The van der Waals surface area contributed by atoms with Gasteiger partial charge < -0.3 is 33.2 Å². The summed E-state index contributed by atoms with van der Waals surface area (Å²) < 4.78 is 37.6. The smallest absolute Gasteiger partial charge is 0.338 e. The standard InChI is InChI=1S/C36H44O9/c1-19-23(22-12-13-41-17-22)14-24-29(19)36(5)25(15-28(40-6)44-24)35(4)26(38)16-27(43-20(2)37)34(3)18-42-30(31(34)35)32(36)45-33(39)21-10-8-7-9-11-21/h7-13,17,23-28,30-32,38H,14-16,18H2,1-6H3/t23-,24+,25-,26+,27-,28-,30-,31+,32-,34-,35+,36-/m1/s1. The Balaban J connectivity index is 1.44. The molecule has 242 valence electrons. The molecule has 0 amide bonds. The minimum absolute atomic E-state index is 0.0484. The Hall–Kier alpha value is -2.98. The van der Waals surface area contributed by atoms with Crippen molar-refractivity contribution in [3.8, 4) is 0 Å². The molecule has 3 aliphatic carbocycles. The number of carbonyl (C=O) groups is 2. The molecular formula is C36H44O9. The largest absolute Gasteiger partial charge is 0.472 e. The topological polar surface area (TPSA) is 114 Å². The summed E-state index contributed by atoms with van der Waals surface area (Å²) in [5.41, 5.74) is 1.63. The number of hydrogen-bond donors (Lipinski definition) is 1. The summed E-state index contributed by atoms with van der Waals surface area (Å²) in [6.07, 6.45) is 1.46. The van der Waals surface area contributed by atoms with Crippen LogP contribution in [0.25, 0.3) is 0 Å². The van der Waals surface area contributed by atoms with E-state index in [1.807, 2.05) is 24.3 Å². The van der Waals surface area contributed by atoms with Crippen molar-refractivity contribution in [1.29, 1.82) is 0 Å². The number of allylic oxidation sites excluding steroid dienone is 1. The number of rotatable bonds is 5. The highest BCUT2D eigenvalue weighted by Gasteiger charge is 2.77. The van der Waals surface area contributed by atoms with Crippen LogP contribution in [-0.4, -0.2) is 67.6 Å². The van der Waals surface area contributed by atoms with Gasteiger partial charge in [-0.15, -0.1) is 0 Å². The Morgan fingerprint density at radius 3 is 2.44 bits per heavy atom. The molecule has 2 saturated heterocycles. The quantitative estimate of drug-likeness (QED) is 0.345. The number of benzene rings is 1. The van der Waals surface area contributed by atoms with Crippen molar-refractivity contribution >= 4 is 11.9 Å². The molecular weight excluding hydrogens is 576 g/mol. The lowest BCUT2D eigenvalue weighted by Gasteiger charge is -2.66. The van der Waals surface area contributed by atoms with Gasteiger partial charge in [-0.1, -0.05) is 44.5 Å². The van der Waals surface area contributed by atoms with Crippen LogP contribution in [0.15, 0.2) is 64.5 Å². The normalized spacial score (nSPS) is 43.6. The Morgan fingerprint density at radius 1 is 1.02 bits per heavy atom. The molecule has 0 bridgehead atoms. The zero-order chi connectivity index (χ0) is 31.9. The lowest BCUT2D eigenvalue weighted by Crippen LogP contribution is -2.72. The van der Waals surface area contributed by atoms with E-state index in [0.29, 0.717) is 25.0 Å². The first-order valence-electron chi connectivity index (χ1n) is 16.1. The Kier molecular flexibility index (Phi) is 7.35. The summed E-state index contributed by atoms with van der Waals surface area (Å²) >= 11 is 0. The number of aliphatic hydroxyl groups is 1. The van der Waals surface area contributed by atoms with Crippen LogP contribution < -0.4 is 0 Å². The predicted octanol–water partition coefficient (Wildman–Crippen LogP) is 5.43. The first-order chi connectivity index (χ1) is 21.4. The third-order valence-corrected chi connectivity index (χ3v) is 12.4. The van der Waals surface area contributed by atoms with Crippen molar-refractivity contribution in [3.63, 3.8) is 0 Å². The molecule has 0 radical (unpaired) electrons. The van der Waals surface area contributed by atoms with E-state index in [4.69, 9.17) is 28.1 Å². The monoisotopic (exact) mass is 620 g/mol. The number of methoxy groups -OCH3 is 1. The van der Waals surface area contributed by atoms with Crippen molar-refractivity contribution in [2.45, 2.75) is 96.6 Å². The Bertz CT molecular complexity index is 1480. The summed E-state index contributed by atoms with van der Waals surface area (Å²) in [4.78, 5) is 26.2. The van der Waals surface area contributed by atoms with E-state index in [-0.39, 0.29) is 30.3 Å². The van der Waals surface area contributed by atoms with Gasteiger partial charge in [0, 0.05) is 55.0 Å². The van der Waals surface area contributed by atoms with Gasteiger partial charge in [-0.3, -0.25) is 4.79 Å². The van der Waals surface area contributed by atoms with E-state index in [0.717, 1.165) is 16.7 Å². The summed E-state index contributed by atoms with van der Waals surface area (Å²) in [5, 5.41) is 12.2. The fraction of sp³-hybridized carbons (Fsp3) is 0.611. The number of carbonyl (C=O) groups excluding carboxylic acids is 2. The molecule has 4 fully saturated rings. The van der Waals surface area contributed by atoms with Crippen molar-refractivity contribution in [2.24, 2.45) is 28.1 Å². The maximum absolute atomic E-state index is 13.9. The van der Waals surface area contributed by atoms with Gasteiger partial charge in [-0.05, 0) is 48.6 Å². The molecule has 1 N–H and O–H groups in total. The van der Waals surface area contributed by atoms with E-state index in [9.17, 15) is 14.7 Å². The molecule has 45 heavy (non-hydrogen) atoms. The van der Waals surface area contributed by atoms with Gasteiger partial charge in [0.2, 0.25) is 0 Å². The number of fused-ring (bicyclic) bond motifs is 4. The van der Waals surface area contributed by atoms with Crippen LogP contribution in [0.4, 0.5) is 0 Å². The van der Waals surface area contributed by atoms with Crippen LogP contribution in [0.2, 0.25) is 0 Å². The molecule has 12 atom stereocenters. The maximum Gasteiger partial charge on any atom is 0.338 e. The molecule has 5 aliphatic rings. The molecule has 2 aromatic rings. The van der Waals surface area contributed by atoms with E-state index in [1.165, 1.54) is 6.92 Å². The third-order valence-electron chi connectivity index (χ3n) is 12.4. The van der Waals surface area contributed by atoms with E-state index < -0.39 is 58.9 Å². The van der Waals surface area contributed by atoms with Crippen LogP contribution in [0.1, 0.15) is 75.7 Å². The van der Waals surface area contributed by atoms with Crippen LogP contribution in [0.5, 0.6) is 0 Å². The van der Waals surface area contributed by atoms with Gasteiger partial charge >= 0.3 is 11.9 Å². The van der Waals surface area contributed by atoms with Crippen LogP contribution in [0.3, 0.4) is 0 Å². The van der Waals surface area contributed by atoms with Crippen molar-refractivity contribution < 1.29 is 42.8 Å². The van der Waals surface area contributed by atoms with Gasteiger partial charge in [-0.2, -0.15) is 0 Å². The number of furan rings is 1. The molecule has 1 aromatic heterocycles. The molecule has 9 heteroatoms. The van der Waals surface area contributed by atoms with Crippen molar-refractivity contribution in [1.82, 2.24) is 0 Å². The Morgan fingerprint density at radius 2 is 1.78 bits per heavy atom. The van der Waals surface area contributed by atoms with E-state index >= 15 is 0 Å². The molecule has 2 saturated carbocycles. The van der Waals surface area contributed by atoms with Crippen LogP contribution >= 0.6 is 0 Å². The predicted molar refractivity (Wildman–Crippen MR) is 162 cm³/mol. The van der Waals surface area contributed by atoms with E-state index in [2.05, 4.69) is 27.7 Å². The molecule has 0 unspecified atom stereocenters. The van der Waals surface area contributed by atoms with E-state index in [1.54, 1.807) is 31.8 Å². The minimum atomic E-state index is -0.819. The molecule has 2 aliphatic heterocycles. The summed E-state index contributed by atoms with van der Waals surface area (Å²) in [5.74, 6) is -1.30. The second-order valence-corrected chi connectivity index (χ2v) is 14.5. The average Bonchev–Trinajstić information content (AvgIpc) is 3.72. The molecule has 0 spiro atoms. The van der Waals surface area contributed by atoms with Crippen LogP contribution in [-0.2, 0) is 28.5 Å². The fourth-order valence-corrected chi connectivity index (χ4v) is 10.5. The SMILES string of the molecule is CO[C@H]1C[C@H]2[C@](C)(C3=C(C)[C@H](c4ccoc4)C[C@@H]3O1)[C@H](OC(=O)c1ccccc1)[C@@H]1OC[C@]3(C)[C@H](OC(C)=O)C[C@H](O)[C@@]2(C)[C@@H]13. The zero-order valence-electron chi connectivity index (χ0n) is 26.9. The van der Waals surface area contributed by atoms with Gasteiger partial charge in [0.15, 0.2) is 6.29 Å². The highest BCUT2D eigenvalue weighted by molar-refractivity contribution is 5.89. The van der Waals surface area contributed by atoms with Gasteiger partial charge in [0.25, 0.3) is 0 Å². The first kappa shape index (κ1) is 30.7. The molecule has 1 aromatic carbocycles. The average molecular weight is 621 g/mol. The summed E-state index contributed by atoms with van der Waals surface area (Å²) in [7, 11) is 1.66. The first-order valence-corrected chi connectivity index (χ1v) is 16.1. The van der Waals surface area contributed by atoms with Crippen LogP contribution in [0, 0.1) is 28.1 Å². The molecule has 3 heterocycles. The fourth-order valence-electron chi connectivity index (χ4n) is 10.5. The van der Waals surface area contributed by atoms with Crippen molar-refractivity contribution in [2.75, 3.05) is 13.7 Å². The van der Waals surface area contributed by atoms with Gasteiger partial charge in [0.1, 0.15) is 12.2 Å². The lowest BCUT2D eigenvalue weighted by atomic mass is 9.39. The van der Waals surface area contributed by atoms with Crippen molar-refractivity contribution in [3.05, 3.63) is 71.2 Å². The number of hydrogen-bond acceptors (Lipinski definition) is 9.